The SMILES string of the molecule is O=C(O)C1CSC(c2cccc(I)n2)=N1. The Morgan fingerprint density at radius 2 is 2.40 bits per heavy atom. The minimum Gasteiger partial charge on any atom is -0.480 e. The molecular weight excluding hydrogens is 327 g/mol. The summed E-state index contributed by atoms with van der Waals surface area (Å²) in [5.74, 6) is -0.374. The lowest BCUT2D eigenvalue weighted by atomic mass is 10.3. The standard InChI is InChI=1S/C9H7IN2O2S/c10-7-3-1-2-5(11-7)8-12-6(4-15-8)9(13)14/h1-3,6H,4H2,(H,13,14). The van der Waals surface area contributed by atoms with Crippen molar-refractivity contribution in [1.29, 1.82) is 0 Å². The molecule has 0 spiro atoms. The summed E-state index contributed by atoms with van der Waals surface area (Å²) >= 11 is 3.56. The van der Waals surface area contributed by atoms with Gasteiger partial charge in [-0.2, -0.15) is 0 Å². The van der Waals surface area contributed by atoms with Crippen molar-refractivity contribution < 1.29 is 9.90 Å². The molecule has 78 valence electrons. The summed E-state index contributed by atoms with van der Waals surface area (Å²) in [6.07, 6.45) is 0. The Kier molecular flexibility index (Phi) is 3.25. The molecule has 6 heteroatoms. The van der Waals surface area contributed by atoms with Crippen LogP contribution in [0.3, 0.4) is 0 Å². The van der Waals surface area contributed by atoms with Gasteiger partial charge in [-0.1, -0.05) is 6.07 Å². The monoisotopic (exact) mass is 334 g/mol. The molecule has 4 nitrogen and oxygen atoms in total. The smallest absolute Gasteiger partial charge is 0.329 e. The van der Waals surface area contributed by atoms with E-state index in [2.05, 4.69) is 32.6 Å². The van der Waals surface area contributed by atoms with Crippen LogP contribution in [0, 0.1) is 3.70 Å². The molecule has 0 aliphatic carbocycles. The molecule has 0 amide bonds. The molecule has 2 rings (SSSR count). The fraction of sp³-hybridized carbons (Fsp3) is 0.222. The molecule has 1 aromatic rings. The summed E-state index contributed by atoms with van der Waals surface area (Å²) in [7, 11) is 0. The topological polar surface area (TPSA) is 62.5 Å². The van der Waals surface area contributed by atoms with Gasteiger partial charge in [-0.05, 0) is 34.7 Å². The van der Waals surface area contributed by atoms with Gasteiger partial charge in [0.1, 0.15) is 8.74 Å². The molecule has 1 unspecified atom stereocenters. The second-order valence-electron chi connectivity index (χ2n) is 2.94. The zero-order valence-corrected chi connectivity index (χ0v) is 10.5. The molecule has 0 bridgehead atoms. The summed E-state index contributed by atoms with van der Waals surface area (Å²) in [6.45, 7) is 0. The second kappa shape index (κ2) is 4.48. The second-order valence-corrected chi connectivity index (χ2v) is 5.06. The van der Waals surface area contributed by atoms with E-state index < -0.39 is 12.0 Å². The number of nitrogens with zero attached hydrogens (tertiary/aromatic N) is 2. The maximum Gasteiger partial charge on any atom is 0.329 e. The molecule has 0 radical (unpaired) electrons. The van der Waals surface area contributed by atoms with Crippen molar-refractivity contribution in [2.24, 2.45) is 4.99 Å². The predicted octanol–water partition coefficient (Wildman–Crippen LogP) is 1.63. The number of aliphatic carboxylic acids is 1. The van der Waals surface area contributed by atoms with Crippen molar-refractivity contribution in [1.82, 2.24) is 4.98 Å². The highest BCUT2D eigenvalue weighted by Crippen LogP contribution is 2.22. The highest BCUT2D eigenvalue weighted by molar-refractivity contribution is 14.1. The molecule has 1 aliphatic heterocycles. The number of carboxylic acid groups (broad SMARTS) is 1. The number of hydrogen-bond donors (Lipinski definition) is 1. The molecule has 0 fully saturated rings. The van der Waals surface area contributed by atoms with E-state index >= 15 is 0 Å². The number of halogens is 1. The van der Waals surface area contributed by atoms with Crippen molar-refractivity contribution in [2.45, 2.75) is 6.04 Å². The van der Waals surface area contributed by atoms with Crippen molar-refractivity contribution in [2.75, 3.05) is 5.75 Å². The number of aromatic nitrogens is 1. The van der Waals surface area contributed by atoms with E-state index in [0.29, 0.717) is 5.75 Å². The van der Waals surface area contributed by atoms with Crippen LogP contribution < -0.4 is 0 Å². The Morgan fingerprint density at radius 3 is 3.00 bits per heavy atom. The largest absolute Gasteiger partial charge is 0.480 e. The van der Waals surface area contributed by atoms with Crippen molar-refractivity contribution in [3.63, 3.8) is 0 Å². The lowest BCUT2D eigenvalue weighted by molar-refractivity contribution is -0.137. The third kappa shape index (κ3) is 2.49. The van der Waals surface area contributed by atoms with Gasteiger partial charge in [0.05, 0.1) is 5.69 Å². The first-order valence-electron chi connectivity index (χ1n) is 4.23. The van der Waals surface area contributed by atoms with Gasteiger partial charge in [-0.15, -0.1) is 11.8 Å². The number of rotatable bonds is 2. The van der Waals surface area contributed by atoms with Crippen LogP contribution in [0.25, 0.3) is 0 Å². The average molecular weight is 334 g/mol. The van der Waals surface area contributed by atoms with E-state index in [4.69, 9.17) is 5.11 Å². The van der Waals surface area contributed by atoms with Crippen molar-refractivity contribution >= 4 is 45.4 Å². The average Bonchev–Trinajstić information content (AvgIpc) is 2.66. The van der Waals surface area contributed by atoms with Crippen LogP contribution in [0.4, 0.5) is 0 Å². The van der Waals surface area contributed by atoms with Gasteiger partial charge in [0.2, 0.25) is 0 Å². The van der Waals surface area contributed by atoms with Crippen LogP contribution in [0.1, 0.15) is 5.69 Å². The van der Waals surface area contributed by atoms with E-state index in [1.54, 1.807) is 0 Å². The van der Waals surface area contributed by atoms with E-state index in [0.717, 1.165) is 14.4 Å². The summed E-state index contributed by atoms with van der Waals surface area (Å²) < 4.78 is 0.882. The van der Waals surface area contributed by atoms with Crippen LogP contribution >= 0.6 is 34.4 Å². The molecule has 1 N–H and O–H groups in total. The molecule has 1 aliphatic rings. The number of carbonyl (C=O) groups is 1. The van der Waals surface area contributed by atoms with Crippen LogP contribution in [-0.2, 0) is 4.79 Å². The van der Waals surface area contributed by atoms with E-state index in [1.165, 1.54) is 11.8 Å². The molecular formula is C9H7IN2O2S. The molecule has 0 aromatic carbocycles. The van der Waals surface area contributed by atoms with Gasteiger partial charge < -0.3 is 5.11 Å². The number of pyridine rings is 1. The Hall–Kier alpha value is -0.630. The Morgan fingerprint density at radius 1 is 1.60 bits per heavy atom. The maximum atomic E-state index is 10.7. The van der Waals surface area contributed by atoms with Crippen molar-refractivity contribution in [3.8, 4) is 0 Å². The third-order valence-corrected chi connectivity index (χ3v) is 3.54. The summed E-state index contributed by atoms with van der Waals surface area (Å²) in [6, 6.07) is 5.00. The summed E-state index contributed by atoms with van der Waals surface area (Å²) in [5, 5.41) is 9.51. The Bertz CT molecular complexity index is 436. The molecule has 1 aromatic heterocycles. The molecule has 1 atom stereocenters. The summed E-state index contributed by atoms with van der Waals surface area (Å²) in [5.41, 5.74) is 0.760. The van der Waals surface area contributed by atoms with Crippen LogP contribution in [0.5, 0.6) is 0 Å². The van der Waals surface area contributed by atoms with Crippen LogP contribution in [0.15, 0.2) is 23.2 Å². The molecule has 0 saturated heterocycles. The van der Waals surface area contributed by atoms with Crippen LogP contribution in [-0.4, -0.2) is 32.9 Å². The fourth-order valence-corrected chi connectivity index (χ4v) is 2.63. The highest BCUT2D eigenvalue weighted by atomic mass is 127. The lowest BCUT2D eigenvalue weighted by Crippen LogP contribution is -2.17. The first kappa shape index (κ1) is 10.9. The Balaban J connectivity index is 2.26. The number of thioether (sulfide) groups is 1. The van der Waals surface area contributed by atoms with E-state index in [-0.39, 0.29) is 0 Å². The van der Waals surface area contributed by atoms with E-state index in [1.807, 2.05) is 18.2 Å². The van der Waals surface area contributed by atoms with Gasteiger partial charge in [-0.25, -0.2) is 9.78 Å². The maximum absolute atomic E-state index is 10.7. The first-order valence-corrected chi connectivity index (χ1v) is 6.29. The Labute approximate surface area is 104 Å². The minimum absolute atomic E-state index is 0.498. The van der Waals surface area contributed by atoms with Gasteiger partial charge in [0, 0.05) is 5.75 Å². The minimum atomic E-state index is -0.872. The number of aliphatic imine (C=N–C) groups is 1. The fourth-order valence-electron chi connectivity index (χ4n) is 1.17. The highest BCUT2D eigenvalue weighted by Gasteiger charge is 2.25. The van der Waals surface area contributed by atoms with E-state index in [9.17, 15) is 4.79 Å². The third-order valence-electron chi connectivity index (χ3n) is 1.87. The number of hydrogen-bond acceptors (Lipinski definition) is 4. The zero-order valence-electron chi connectivity index (χ0n) is 7.55. The molecule has 15 heavy (non-hydrogen) atoms. The van der Waals surface area contributed by atoms with Gasteiger partial charge in [-0.3, -0.25) is 4.99 Å². The predicted molar refractivity (Wildman–Crippen MR) is 67.4 cm³/mol. The first-order chi connectivity index (χ1) is 7.16. The van der Waals surface area contributed by atoms with Gasteiger partial charge in [0.15, 0.2) is 6.04 Å². The van der Waals surface area contributed by atoms with Gasteiger partial charge >= 0.3 is 5.97 Å². The normalized spacial score (nSPS) is 20.1. The molecule has 2 heterocycles. The lowest BCUT2D eigenvalue weighted by Gasteiger charge is -1.98. The summed E-state index contributed by atoms with van der Waals surface area (Å²) in [4.78, 5) is 19.1. The van der Waals surface area contributed by atoms with Gasteiger partial charge in [0.25, 0.3) is 0 Å². The quantitative estimate of drug-likeness (QED) is 0.660. The zero-order chi connectivity index (χ0) is 10.8. The molecule has 0 saturated carbocycles. The number of carboxylic acids is 1. The van der Waals surface area contributed by atoms with Crippen LogP contribution in [0.2, 0.25) is 0 Å². The van der Waals surface area contributed by atoms with Crippen molar-refractivity contribution in [3.05, 3.63) is 27.6 Å².